The molecule has 0 fully saturated rings. The average Bonchev–Trinajstić information content (AvgIpc) is 2.49. The third-order valence-electron chi connectivity index (χ3n) is 2.59. The molecule has 20 heavy (non-hydrogen) atoms. The minimum Gasteiger partial charge on any atom is -0.289 e. The smallest absolute Gasteiger partial charge is 0.195 e. The molecular formula is C15H10BrN3O. The largest absolute Gasteiger partial charge is 0.289 e. The average molecular weight is 328 g/mol. The van der Waals surface area contributed by atoms with Crippen molar-refractivity contribution < 1.29 is 4.79 Å². The van der Waals surface area contributed by atoms with E-state index in [9.17, 15) is 4.79 Å². The molecule has 0 aromatic heterocycles. The van der Waals surface area contributed by atoms with E-state index in [4.69, 9.17) is 5.53 Å². The molecule has 0 amide bonds. The molecule has 2 aromatic rings. The van der Waals surface area contributed by atoms with Crippen molar-refractivity contribution in [2.24, 2.45) is 5.11 Å². The zero-order chi connectivity index (χ0) is 14.4. The summed E-state index contributed by atoms with van der Waals surface area (Å²) in [4.78, 5) is 15.0. The summed E-state index contributed by atoms with van der Waals surface area (Å²) in [6.07, 6.45) is 1.57. The maximum atomic E-state index is 12.3. The molecule has 0 aliphatic rings. The number of carbonyl (C=O) groups is 1. The van der Waals surface area contributed by atoms with Crippen molar-refractivity contribution in [2.45, 2.75) is 0 Å². The number of nitrogens with zero attached hydrogens (tertiary/aromatic N) is 3. The van der Waals surface area contributed by atoms with E-state index < -0.39 is 0 Å². The van der Waals surface area contributed by atoms with Crippen LogP contribution in [0.25, 0.3) is 16.5 Å². The van der Waals surface area contributed by atoms with Crippen LogP contribution < -0.4 is 0 Å². The van der Waals surface area contributed by atoms with Gasteiger partial charge in [-0.1, -0.05) is 63.5 Å². The van der Waals surface area contributed by atoms with Crippen molar-refractivity contribution in [3.05, 3.63) is 86.3 Å². The lowest BCUT2D eigenvalue weighted by Gasteiger charge is -2.01. The van der Waals surface area contributed by atoms with Crippen LogP contribution >= 0.6 is 15.9 Å². The monoisotopic (exact) mass is 327 g/mol. The van der Waals surface area contributed by atoms with Crippen LogP contribution in [0.1, 0.15) is 15.9 Å². The molecule has 0 saturated heterocycles. The Kier molecular flexibility index (Phi) is 4.71. The number of azide groups is 1. The molecule has 0 radical (unpaired) electrons. The maximum absolute atomic E-state index is 12.3. The molecule has 0 heterocycles. The summed E-state index contributed by atoms with van der Waals surface area (Å²) < 4.78 is 0.939. The Bertz CT molecular complexity index is 687. The van der Waals surface area contributed by atoms with Crippen molar-refractivity contribution in [3.8, 4) is 0 Å². The van der Waals surface area contributed by atoms with E-state index in [-0.39, 0.29) is 11.5 Å². The number of allylic oxidation sites excluding steroid dienone is 1. The first kappa shape index (κ1) is 14.1. The van der Waals surface area contributed by atoms with Gasteiger partial charge in [-0.25, -0.2) is 0 Å². The van der Waals surface area contributed by atoms with E-state index in [1.807, 2.05) is 30.3 Å². The highest BCUT2D eigenvalue weighted by atomic mass is 79.9. The summed E-state index contributed by atoms with van der Waals surface area (Å²) in [6.45, 7) is 0. The molecule has 0 unspecified atom stereocenters. The number of Topliss-reactive ketones (excluding diaryl/α,β-unsaturated/α-hetero) is 1. The number of benzene rings is 2. The van der Waals surface area contributed by atoms with Crippen LogP contribution in [-0.4, -0.2) is 5.78 Å². The van der Waals surface area contributed by atoms with Gasteiger partial charge in [-0.2, -0.15) is 0 Å². The number of hydrogen-bond donors (Lipinski definition) is 0. The van der Waals surface area contributed by atoms with Gasteiger partial charge in [0, 0.05) is 14.9 Å². The second kappa shape index (κ2) is 6.70. The SMILES string of the molecule is [N-]=[N+]=N/C(=C\c1ccc(Br)cc1)C(=O)c1ccccc1. The van der Waals surface area contributed by atoms with Crippen LogP contribution in [0.3, 0.4) is 0 Å². The highest BCUT2D eigenvalue weighted by Crippen LogP contribution is 2.16. The highest BCUT2D eigenvalue weighted by molar-refractivity contribution is 9.10. The third-order valence-corrected chi connectivity index (χ3v) is 3.12. The molecule has 4 nitrogen and oxygen atoms in total. The molecule has 0 spiro atoms. The first-order valence-corrected chi connectivity index (χ1v) is 6.62. The van der Waals surface area contributed by atoms with Crippen molar-refractivity contribution in [1.29, 1.82) is 0 Å². The van der Waals surface area contributed by atoms with Crippen LogP contribution in [-0.2, 0) is 0 Å². The van der Waals surface area contributed by atoms with Crippen LogP contribution in [0, 0.1) is 0 Å². The summed E-state index contributed by atoms with van der Waals surface area (Å²) >= 11 is 3.34. The predicted octanol–water partition coefficient (Wildman–Crippen LogP) is 4.98. The molecular weight excluding hydrogens is 318 g/mol. The van der Waals surface area contributed by atoms with Gasteiger partial charge in [-0.3, -0.25) is 4.79 Å². The number of ketones is 1. The fourth-order valence-corrected chi connectivity index (χ4v) is 1.91. The first-order chi connectivity index (χ1) is 9.70. The Labute approximate surface area is 124 Å². The van der Waals surface area contributed by atoms with E-state index in [1.54, 1.807) is 30.3 Å². The molecule has 0 N–H and O–H groups in total. The zero-order valence-electron chi connectivity index (χ0n) is 10.4. The van der Waals surface area contributed by atoms with Gasteiger partial charge >= 0.3 is 0 Å². The third kappa shape index (κ3) is 3.57. The summed E-state index contributed by atoms with van der Waals surface area (Å²) in [5.41, 5.74) is 9.96. The van der Waals surface area contributed by atoms with Crippen LogP contribution in [0.5, 0.6) is 0 Å². The molecule has 0 aliphatic carbocycles. The maximum Gasteiger partial charge on any atom is 0.195 e. The molecule has 98 valence electrons. The normalized spacial score (nSPS) is 10.8. The van der Waals surface area contributed by atoms with Crippen molar-refractivity contribution in [1.82, 2.24) is 0 Å². The van der Waals surface area contributed by atoms with Gasteiger partial charge in [-0.15, -0.1) is 0 Å². The quantitative estimate of drug-likeness (QED) is 0.256. The van der Waals surface area contributed by atoms with E-state index in [0.717, 1.165) is 10.0 Å². The lowest BCUT2D eigenvalue weighted by atomic mass is 10.1. The topological polar surface area (TPSA) is 65.8 Å². The van der Waals surface area contributed by atoms with Gasteiger partial charge in [0.1, 0.15) is 0 Å². The van der Waals surface area contributed by atoms with Crippen molar-refractivity contribution in [3.63, 3.8) is 0 Å². The van der Waals surface area contributed by atoms with E-state index in [0.29, 0.717) is 5.56 Å². The first-order valence-electron chi connectivity index (χ1n) is 5.83. The minimum atomic E-state index is -0.300. The second-order valence-corrected chi connectivity index (χ2v) is 4.88. The second-order valence-electron chi connectivity index (χ2n) is 3.97. The number of halogens is 1. The Morgan fingerprint density at radius 3 is 2.35 bits per heavy atom. The Hall–Kier alpha value is -2.36. The summed E-state index contributed by atoms with van der Waals surface area (Å²) in [7, 11) is 0. The van der Waals surface area contributed by atoms with Crippen LogP contribution in [0.4, 0.5) is 0 Å². The van der Waals surface area contributed by atoms with Gasteiger partial charge in [-0.05, 0) is 29.3 Å². The number of hydrogen-bond acceptors (Lipinski definition) is 2. The van der Waals surface area contributed by atoms with E-state index in [1.165, 1.54) is 0 Å². The predicted molar refractivity (Wildman–Crippen MR) is 82.0 cm³/mol. The minimum absolute atomic E-state index is 0.0704. The van der Waals surface area contributed by atoms with Gasteiger partial charge < -0.3 is 0 Å². The molecule has 2 aromatic carbocycles. The standard InChI is InChI=1S/C15H10BrN3O/c16-13-8-6-11(7-9-13)10-14(18-19-17)15(20)12-4-2-1-3-5-12/h1-10H/b14-10-. The lowest BCUT2D eigenvalue weighted by molar-refractivity contribution is 0.103. The Morgan fingerprint density at radius 1 is 1.10 bits per heavy atom. The van der Waals surface area contributed by atoms with Crippen molar-refractivity contribution in [2.75, 3.05) is 0 Å². The van der Waals surface area contributed by atoms with Crippen molar-refractivity contribution >= 4 is 27.8 Å². The van der Waals surface area contributed by atoms with E-state index >= 15 is 0 Å². The fourth-order valence-electron chi connectivity index (χ4n) is 1.64. The van der Waals surface area contributed by atoms with Crippen LogP contribution in [0.15, 0.2) is 69.9 Å². The van der Waals surface area contributed by atoms with Crippen LogP contribution in [0.2, 0.25) is 0 Å². The Morgan fingerprint density at radius 2 is 1.75 bits per heavy atom. The molecule has 2 rings (SSSR count). The summed E-state index contributed by atoms with van der Waals surface area (Å²) in [6, 6.07) is 16.1. The number of rotatable bonds is 4. The summed E-state index contributed by atoms with van der Waals surface area (Å²) in [5.74, 6) is -0.300. The fraction of sp³-hybridized carbons (Fsp3) is 0. The van der Waals surface area contributed by atoms with Gasteiger partial charge in [0.05, 0.1) is 5.70 Å². The lowest BCUT2D eigenvalue weighted by Crippen LogP contribution is -2.00. The molecule has 0 saturated carbocycles. The highest BCUT2D eigenvalue weighted by Gasteiger charge is 2.10. The molecule has 0 bridgehead atoms. The molecule has 5 heteroatoms. The van der Waals surface area contributed by atoms with E-state index in [2.05, 4.69) is 26.0 Å². The zero-order valence-corrected chi connectivity index (χ0v) is 12.0. The Balaban J connectivity index is 2.39. The van der Waals surface area contributed by atoms with Gasteiger partial charge in [0.15, 0.2) is 5.78 Å². The van der Waals surface area contributed by atoms with Gasteiger partial charge in [0.2, 0.25) is 0 Å². The van der Waals surface area contributed by atoms with Gasteiger partial charge in [0.25, 0.3) is 0 Å². The number of carbonyl (C=O) groups excluding carboxylic acids is 1. The summed E-state index contributed by atoms with van der Waals surface area (Å²) in [5, 5.41) is 3.50. The molecule has 0 aliphatic heterocycles. The molecule has 0 atom stereocenters.